The van der Waals surface area contributed by atoms with Crippen LogP contribution in [-0.2, 0) is 9.59 Å². The molecule has 10 nitrogen and oxygen atoms in total. The van der Waals surface area contributed by atoms with Gasteiger partial charge in [-0.25, -0.2) is 0 Å². The number of piperazine rings is 1. The minimum absolute atomic E-state index is 0.112. The van der Waals surface area contributed by atoms with Gasteiger partial charge in [0.05, 0.1) is 16.8 Å². The minimum Gasteiger partial charge on any atom is -0.399 e. The first-order valence-corrected chi connectivity index (χ1v) is 13.8. The van der Waals surface area contributed by atoms with Gasteiger partial charge in [-0.3, -0.25) is 34.3 Å². The zero-order valence-electron chi connectivity index (χ0n) is 22.0. The summed E-state index contributed by atoms with van der Waals surface area (Å²) >= 11 is 0. The highest BCUT2D eigenvalue weighted by molar-refractivity contribution is 6.25. The molecule has 0 spiro atoms. The SMILES string of the molecule is Nc1ccc(N2CCN(CC3CCN(c4cccc5c4C(=O)N(C4CCC(=O)NC4=O)C5=O)CC3)CC2)cc1. The van der Waals surface area contributed by atoms with E-state index >= 15 is 0 Å². The Labute approximate surface area is 227 Å². The number of hydrogen-bond donors (Lipinski definition) is 2. The smallest absolute Gasteiger partial charge is 0.264 e. The number of rotatable bonds is 5. The average Bonchev–Trinajstić information content (AvgIpc) is 3.20. The summed E-state index contributed by atoms with van der Waals surface area (Å²) in [6.07, 6.45) is 2.30. The van der Waals surface area contributed by atoms with Crippen LogP contribution in [0.5, 0.6) is 0 Å². The van der Waals surface area contributed by atoms with Crippen LogP contribution in [0.2, 0.25) is 0 Å². The van der Waals surface area contributed by atoms with Crippen LogP contribution in [0, 0.1) is 5.92 Å². The molecule has 3 fully saturated rings. The lowest BCUT2D eigenvalue weighted by molar-refractivity contribution is -0.136. The number of fused-ring (bicyclic) bond motifs is 1. The fourth-order valence-corrected chi connectivity index (χ4v) is 6.36. The maximum absolute atomic E-state index is 13.5. The summed E-state index contributed by atoms with van der Waals surface area (Å²) in [5.41, 5.74) is 9.31. The normalized spacial score (nSPS) is 22.9. The summed E-state index contributed by atoms with van der Waals surface area (Å²) in [5.74, 6) is -1.28. The number of hydrogen-bond acceptors (Lipinski definition) is 8. The number of nitrogens with two attached hydrogens (primary N) is 1. The number of nitrogen functional groups attached to an aromatic ring is 1. The third-order valence-corrected chi connectivity index (χ3v) is 8.55. The van der Waals surface area contributed by atoms with E-state index in [1.54, 1.807) is 12.1 Å². The minimum atomic E-state index is -0.950. The fraction of sp³-hybridized carbons (Fsp3) is 0.448. The first-order chi connectivity index (χ1) is 18.9. The predicted molar refractivity (Wildman–Crippen MR) is 148 cm³/mol. The van der Waals surface area contributed by atoms with Crippen LogP contribution < -0.4 is 20.9 Å². The Bertz CT molecular complexity index is 1300. The molecule has 10 heteroatoms. The molecular weight excluding hydrogens is 496 g/mol. The monoisotopic (exact) mass is 530 g/mol. The number of nitrogens with zero attached hydrogens (tertiary/aromatic N) is 4. The van der Waals surface area contributed by atoms with Crippen molar-refractivity contribution in [3.05, 3.63) is 53.6 Å². The van der Waals surface area contributed by atoms with E-state index < -0.39 is 23.8 Å². The van der Waals surface area contributed by atoms with Gasteiger partial charge in [0, 0.05) is 63.6 Å². The maximum Gasteiger partial charge on any atom is 0.264 e. The molecule has 2 aromatic rings. The molecule has 3 N–H and O–H groups in total. The fourth-order valence-electron chi connectivity index (χ4n) is 6.36. The van der Waals surface area contributed by atoms with Crippen molar-refractivity contribution in [3.8, 4) is 0 Å². The Morgan fingerprint density at radius 3 is 2.21 bits per heavy atom. The third-order valence-electron chi connectivity index (χ3n) is 8.55. The molecule has 0 saturated carbocycles. The van der Waals surface area contributed by atoms with E-state index in [0.29, 0.717) is 17.0 Å². The van der Waals surface area contributed by atoms with Gasteiger partial charge in [-0.2, -0.15) is 0 Å². The zero-order chi connectivity index (χ0) is 27.1. The lowest BCUT2D eigenvalue weighted by atomic mass is 9.94. The molecule has 0 aromatic heterocycles. The van der Waals surface area contributed by atoms with Gasteiger partial charge in [-0.05, 0) is 61.6 Å². The third kappa shape index (κ3) is 4.85. The largest absolute Gasteiger partial charge is 0.399 e. The van der Waals surface area contributed by atoms with Gasteiger partial charge in [-0.1, -0.05) is 6.07 Å². The molecule has 0 bridgehead atoms. The second-order valence-electron chi connectivity index (χ2n) is 11.0. The second-order valence-corrected chi connectivity index (χ2v) is 11.0. The molecule has 4 aliphatic heterocycles. The highest BCUT2D eigenvalue weighted by Crippen LogP contribution is 2.36. The summed E-state index contributed by atoms with van der Waals surface area (Å²) in [4.78, 5) is 58.9. The summed E-state index contributed by atoms with van der Waals surface area (Å²) in [7, 11) is 0. The Morgan fingerprint density at radius 1 is 0.795 bits per heavy atom. The second kappa shape index (κ2) is 10.3. The molecule has 3 saturated heterocycles. The van der Waals surface area contributed by atoms with Crippen molar-refractivity contribution in [1.29, 1.82) is 0 Å². The summed E-state index contributed by atoms with van der Waals surface area (Å²) in [6.45, 7) is 6.75. The lowest BCUT2D eigenvalue weighted by Gasteiger charge is -2.40. The van der Waals surface area contributed by atoms with Crippen LogP contribution in [0.15, 0.2) is 42.5 Å². The van der Waals surface area contributed by atoms with Crippen molar-refractivity contribution in [2.75, 3.05) is 61.3 Å². The lowest BCUT2D eigenvalue weighted by Crippen LogP contribution is -2.54. The number of benzene rings is 2. The number of piperidine rings is 2. The van der Waals surface area contributed by atoms with E-state index in [0.717, 1.165) is 74.9 Å². The van der Waals surface area contributed by atoms with E-state index in [2.05, 4.69) is 32.1 Å². The maximum atomic E-state index is 13.5. The van der Waals surface area contributed by atoms with Crippen molar-refractivity contribution in [1.82, 2.24) is 15.1 Å². The summed E-state index contributed by atoms with van der Waals surface area (Å²) in [5, 5.41) is 2.26. The van der Waals surface area contributed by atoms with E-state index in [-0.39, 0.29) is 18.7 Å². The first-order valence-electron chi connectivity index (χ1n) is 13.8. The van der Waals surface area contributed by atoms with Crippen molar-refractivity contribution in [2.45, 2.75) is 31.7 Å². The zero-order valence-corrected chi connectivity index (χ0v) is 22.0. The molecule has 0 aliphatic carbocycles. The molecule has 1 atom stereocenters. The van der Waals surface area contributed by atoms with Gasteiger partial charge in [-0.15, -0.1) is 0 Å². The molecule has 4 aliphatic rings. The molecule has 0 radical (unpaired) electrons. The van der Waals surface area contributed by atoms with Gasteiger partial charge >= 0.3 is 0 Å². The Balaban J connectivity index is 1.06. The molecule has 39 heavy (non-hydrogen) atoms. The van der Waals surface area contributed by atoms with E-state index in [1.165, 1.54) is 5.69 Å². The molecule has 6 rings (SSSR count). The number of carbonyl (C=O) groups excluding carboxylic acids is 4. The van der Waals surface area contributed by atoms with Gasteiger partial charge < -0.3 is 15.5 Å². The molecular formula is C29H34N6O4. The molecule has 4 amide bonds. The van der Waals surface area contributed by atoms with Crippen LogP contribution in [0.25, 0.3) is 0 Å². The number of anilines is 3. The predicted octanol–water partition coefficient (Wildman–Crippen LogP) is 1.71. The molecule has 204 valence electrons. The van der Waals surface area contributed by atoms with Crippen LogP contribution in [0.1, 0.15) is 46.4 Å². The standard InChI is InChI=1S/C29H34N6O4/c30-20-4-6-21(7-5-20)33-16-14-32(15-17-33)18-19-10-12-34(13-11-19)23-3-1-2-22-26(23)29(39)35(28(22)38)24-8-9-25(36)31-27(24)37/h1-7,19,24H,8-18,30H2,(H,31,36,37). The van der Waals surface area contributed by atoms with Gasteiger partial charge in [0.15, 0.2) is 0 Å². The number of carbonyl (C=O) groups is 4. The number of imide groups is 2. The highest BCUT2D eigenvalue weighted by atomic mass is 16.2. The van der Waals surface area contributed by atoms with E-state index in [4.69, 9.17) is 5.73 Å². The Kier molecular flexibility index (Phi) is 6.72. The average molecular weight is 531 g/mol. The topological polar surface area (TPSA) is 119 Å². The van der Waals surface area contributed by atoms with Crippen molar-refractivity contribution >= 4 is 40.7 Å². The van der Waals surface area contributed by atoms with Crippen molar-refractivity contribution in [3.63, 3.8) is 0 Å². The van der Waals surface area contributed by atoms with Crippen LogP contribution in [0.3, 0.4) is 0 Å². The molecule has 2 aromatic carbocycles. The number of nitrogens with one attached hydrogen (secondary N) is 1. The van der Waals surface area contributed by atoms with Gasteiger partial charge in [0.25, 0.3) is 11.8 Å². The summed E-state index contributed by atoms with van der Waals surface area (Å²) < 4.78 is 0. The summed E-state index contributed by atoms with van der Waals surface area (Å²) in [6, 6.07) is 12.5. The first kappa shape index (κ1) is 25.4. The Hall–Kier alpha value is -3.92. The van der Waals surface area contributed by atoms with Gasteiger partial charge in [0.1, 0.15) is 6.04 Å². The van der Waals surface area contributed by atoms with Crippen LogP contribution >= 0.6 is 0 Å². The molecule has 4 heterocycles. The van der Waals surface area contributed by atoms with E-state index in [9.17, 15) is 19.2 Å². The van der Waals surface area contributed by atoms with Crippen molar-refractivity contribution < 1.29 is 19.2 Å². The van der Waals surface area contributed by atoms with Crippen molar-refractivity contribution in [2.24, 2.45) is 5.92 Å². The van der Waals surface area contributed by atoms with E-state index in [1.807, 2.05) is 18.2 Å². The quantitative estimate of drug-likeness (QED) is 0.443. The van der Waals surface area contributed by atoms with Crippen LogP contribution in [0.4, 0.5) is 17.1 Å². The van der Waals surface area contributed by atoms with Gasteiger partial charge in [0.2, 0.25) is 11.8 Å². The molecule has 1 unspecified atom stereocenters. The highest BCUT2D eigenvalue weighted by Gasteiger charge is 2.46. The number of amides is 4. The van der Waals surface area contributed by atoms with Crippen LogP contribution in [-0.4, -0.2) is 85.3 Å². The Morgan fingerprint density at radius 2 is 1.51 bits per heavy atom.